The number of amides is 1. The number of methoxy groups -OCH3 is 1. The average molecular weight is 567 g/mol. The lowest BCUT2D eigenvalue weighted by atomic mass is 9.99. The Labute approximate surface area is 234 Å². The van der Waals surface area contributed by atoms with E-state index >= 15 is 0 Å². The van der Waals surface area contributed by atoms with Crippen molar-refractivity contribution in [1.82, 2.24) is 24.9 Å². The number of anilines is 1. The van der Waals surface area contributed by atoms with Crippen LogP contribution in [0.5, 0.6) is 5.75 Å². The number of alkyl halides is 3. The molecular formula is C29H29F3N6O3. The summed E-state index contributed by atoms with van der Waals surface area (Å²) in [7, 11) is 1.54. The Morgan fingerprint density at radius 3 is 2.61 bits per heavy atom. The summed E-state index contributed by atoms with van der Waals surface area (Å²) >= 11 is 0. The summed E-state index contributed by atoms with van der Waals surface area (Å²) in [6.07, 6.45) is 0.355. The van der Waals surface area contributed by atoms with E-state index in [1.54, 1.807) is 56.0 Å². The van der Waals surface area contributed by atoms with Gasteiger partial charge in [-0.15, -0.1) is 5.10 Å². The van der Waals surface area contributed by atoms with E-state index in [0.29, 0.717) is 61.1 Å². The van der Waals surface area contributed by atoms with Crippen LogP contribution in [-0.4, -0.2) is 64.2 Å². The lowest BCUT2D eigenvalue weighted by molar-refractivity contribution is -0.138. The highest BCUT2D eigenvalue weighted by Crippen LogP contribution is 2.36. The zero-order valence-electron chi connectivity index (χ0n) is 22.8. The molecule has 0 spiro atoms. The van der Waals surface area contributed by atoms with Gasteiger partial charge in [-0.2, -0.15) is 13.2 Å². The number of aryl methyl sites for hydroxylation is 1. The highest BCUT2D eigenvalue weighted by atomic mass is 19.4. The summed E-state index contributed by atoms with van der Waals surface area (Å²) in [6.45, 7) is 5.96. The van der Waals surface area contributed by atoms with Crippen molar-refractivity contribution in [3.63, 3.8) is 0 Å². The van der Waals surface area contributed by atoms with Crippen LogP contribution in [0.1, 0.15) is 32.6 Å². The second kappa shape index (κ2) is 11.7. The van der Waals surface area contributed by atoms with E-state index in [2.05, 4.69) is 20.6 Å². The Hall–Kier alpha value is -4.29. The van der Waals surface area contributed by atoms with Crippen molar-refractivity contribution in [2.45, 2.75) is 26.6 Å². The van der Waals surface area contributed by atoms with Crippen molar-refractivity contribution >= 4 is 11.6 Å². The second-order valence-corrected chi connectivity index (χ2v) is 9.81. The minimum Gasteiger partial charge on any atom is -0.495 e. The molecule has 9 nitrogen and oxygen atoms in total. The minimum absolute atomic E-state index is 0.0758. The van der Waals surface area contributed by atoms with Crippen LogP contribution >= 0.6 is 0 Å². The van der Waals surface area contributed by atoms with E-state index in [1.165, 1.54) is 11.6 Å². The fraction of sp³-hybridized carbons (Fsp3) is 0.310. The van der Waals surface area contributed by atoms with Crippen LogP contribution in [0.3, 0.4) is 0 Å². The third-order valence-corrected chi connectivity index (χ3v) is 7.03. The van der Waals surface area contributed by atoms with Gasteiger partial charge in [0, 0.05) is 42.6 Å². The molecule has 1 N–H and O–H groups in total. The molecule has 1 fully saturated rings. The molecule has 5 rings (SSSR count). The Kier molecular flexibility index (Phi) is 8.04. The van der Waals surface area contributed by atoms with Gasteiger partial charge in [-0.3, -0.25) is 14.7 Å². The van der Waals surface area contributed by atoms with Gasteiger partial charge in [0.05, 0.1) is 44.0 Å². The highest BCUT2D eigenvalue weighted by molar-refractivity contribution is 6.04. The fourth-order valence-corrected chi connectivity index (χ4v) is 4.69. The molecule has 0 saturated carbocycles. The van der Waals surface area contributed by atoms with Crippen molar-refractivity contribution in [3.8, 4) is 22.7 Å². The number of ether oxygens (including phenoxy) is 2. The number of rotatable bonds is 7. The molecule has 0 bridgehead atoms. The zero-order valence-corrected chi connectivity index (χ0v) is 22.8. The molecule has 12 heteroatoms. The molecule has 0 atom stereocenters. The number of aromatic nitrogens is 4. The quantitative estimate of drug-likeness (QED) is 0.334. The molecular weight excluding hydrogens is 537 g/mol. The van der Waals surface area contributed by atoms with Crippen LogP contribution in [0, 0.1) is 13.8 Å². The van der Waals surface area contributed by atoms with Crippen LogP contribution in [0.15, 0.2) is 55.0 Å². The first-order valence-electron chi connectivity index (χ1n) is 13.0. The van der Waals surface area contributed by atoms with Crippen molar-refractivity contribution < 1.29 is 27.4 Å². The number of carbonyl (C=O) groups excluding carboxylic acids is 1. The SMILES string of the molecule is COc1cncc(-c2cn(-c3cc(C(=O)Nc4cc(CN5CCOCC5)c(C)c(C(F)(F)F)c4)ccc3C)nn2)c1. The van der Waals surface area contributed by atoms with Gasteiger partial charge in [-0.05, 0) is 60.9 Å². The lowest BCUT2D eigenvalue weighted by Gasteiger charge is -2.28. The van der Waals surface area contributed by atoms with E-state index in [0.717, 1.165) is 11.6 Å². The van der Waals surface area contributed by atoms with Crippen LogP contribution in [-0.2, 0) is 17.5 Å². The van der Waals surface area contributed by atoms with E-state index in [1.807, 2.05) is 11.8 Å². The van der Waals surface area contributed by atoms with Gasteiger partial charge in [0.15, 0.2) is 0 Å². The van der Waals surface area contributed by atoms with E-state index in [4.69, 9.17) is 9.47 Å². The van der Waals surface area contributed by atoms with Gasteiger partial charge in [0.2, 0.25) is 0 Å². The van der Waals surface area contributed by atoms with Crippen LogP contribution in [0.2, 0.25) is 0 Å². The fourth-order valence-electron chi connectivity index (χ4n) is 4.69. The first kappa shape index (κ1) is 28.2. The van der Waals surface area contributed by atoms with Gasteiger partial charge in [-0.1, -0.05) is 11.3 Å². The van der Waals surface area contributed by atoms with Gasteiger partial charge in [-0.25, -0.2) is 4.68 Å². The summed E-state index contributed by atoms with van der Waals surface area (Å²) in [6, 6.07) is 9.36. The van der Waals surface area contributed by atoms with Crippen LogP contribution < -0.4 is 10.1 Å². The first-order chi connectivity index (χ1) is 19.6. The third kappa shape index (κ3) is 6.39. The third-order valence-electron chi connectivity index (χ3n) is 7.03. The molecule has 41 heavy (non-hydrogen) atoms. The van der Waals surface area contributed by atoms with Crippen molar-refractivity contribution in [2.75, 3.05) is 38.7 Å². The minimum atomic E-state index is -4.56. The predicted molar refractivity (Wildman–Crippen MR) is 146 cm³/mol. The zero-order chi connectivity index (χ0) is 29.1. The normalized spacial score (nSPS) is 14.2. The molecule has 0 unspecified atom stereocenters. The summed E-state index contributed by atoms with van der Waals surface area (Å²) < 4.78 is 53.9. The molecule has 1 saturated heterocycles. The molecule has 1 aliphatic rings. The first-order valence-corrected chi connectivity index (χ1v) is 13.0. The number of morpholine rings is 1. The van der Waals surface area contributed by atoms with Gasteiger partial charge < -0.3 is 14.8 Å². The number of hydrogen-bond acceptors (Lipinski definition) is 7. The number of pyridine rings is 1. The number of halogens is 3. The van der Waals surface area contributed by atoms with E-state index in [-0.39, 0.29) is 16.8 Å². The smallest absolute Gasteiger partial charge is 0.416 e. The van der Waals surface area contributed by atoms with Crippen LogP contribution in [0.4, 0.5) is 18.9 Å². The Balaban J connectivity index is 1.41. The number of nitrogens with zero attached hydrogens (tertiary/aromatic N) is 5. The van der Waals surface area contributed by atoms with Crippen molar-refractivity contribution in [1.29, 1.82) is 0 Å². The number of hydrogen-bond donors (Lipinski definition) is 1. The Bertz CT molecular complexity index is 1560. The molecule has 4 aromatic rings. The Morgan fingerprint density at radius 2 is 1.88 bits per heavy atom. The van der Waals surface area contributed by atoms with Crippen molar-refractivity contribution in [2.24, 2.45) is 0 Å². The monoisotopic (exact) mass is 566 g/mol. The lowest BCUT2D eigenvalue weighted by Crippen LogP contribution is -2.36. The number of benzene rings is 2. The molecule has 2 aromatic heterocycles. The topological polar surface area (TPSA) is 94.4 Å². The van der Waals surface area contributed by atoms with Crippen LogP contribution in [0.25, 0.3) is 16.9 Å². The molecule has 3 heterocycles. The molecule has 214 valence electrons. The Morgan fingerprint density at radius 1 is 1.10 bits per heavy atom. The van der Waals surface area contributed by atoms with E-state index < -0.39 is 17.6 Å². The van der Waals surface area contributed by atoms with Gasteiger partial charge in [0.25, 0.3) is 5.91 Å². The standard InChI is InChI=1S/C29H29F3N6O3/c1-18-4-5-20(12-27(18)38-17-26(35-36-38)21-11-24(40-3)15-33-14-21)28(39)34-23-10-22(16-37-6-8-41-9-7-37)19(2)25(13-23)29(30,31)32/h4-5,10-15,17H,6-9,16H2,1-3H3,(H,34,39). The maximum atomic E-state index is 13.9. The van der Waals surface area contributed by atoms with E-state index in [9.17, 15) is 18.0 Å². The number of nitrogens with one attached hydrogen (secondary N) is 1. The molecule has 0 radical (unpaired) electrons. The predicted octanol–water partition coefficient (Wildman–Crippen LogP) is 5.06. The second-order valence-electron chi connectivity index (χ2n) is 9.81. The largest absolute Gasteiger partial charge is 0.495 e. The summed E-state index contributed by atoms with van der Waals surface area (Å²) in [4.78, 5) is 19.4. The summed E-state index contributed by atoms with van der Waals surface area (Å²) in [5.74, 6) is 0.0303. The highest BCUT2D eigenvalue weighted by Gasteiger charge is 2.34. The molecule has 1 aliphatic heterocycles. The summed E-state index contributed by atoms with van der Waals surface area (Å²) in [5.41, 5.74) is 2.89. The average Bonchev–Trinajstić information content (AvgIpc) is 3.45. The maximum Gasteiger partial charge on any atom is 0.416 e. The molecule has 0 aliphatic carbocycles. The van der Waals surface area contributed by atoms with Gasteiger partial charge >= 0.3 is 6.18 Å². The van der Waals surface area contributed by atoms with Gasteiger partial charge in [0.1, 0.15) is 11.4 Å². The summed E-state index contributed by atoms with van der Waals surface area (Å²) in [5, 5.41) is 11.1. The maximum absolute atomic E-state index is 13.9. The molecule has 1 amide bonds. The van der Waals surface area contributed by atoms with Crippen molar-refractivity contribution in [3.05, 3.63) is 82.8 Å². The molecule has 2 aromatic carbocycles. The number of carbonyl (C=O) groups is 1.